The van der Waals surface area contributed by atoms with Crippen LogP contribution in [0.25, 0.3) is 0 Å². The molecule has 0 aliphatic rings. The van der Waals surface area contributed by atoms with E-state index in [0.29, 0.717) is 16.1 Å². The van der Waals surface area contributed by atoms with Crippen molar-refractivity contribution in [1.29, 1.82) is 10.7 Å². The van der Waals surface area contributed by atoms with E-state index < -0.39 is 0 Å². The Morgan fingerprint density at radius 2 is 2.27 bits per heavy atom. The molecule has 0 saturated heterocycles. The summed E-state index contributed by atoms with van der Waals surface area (Å²) >= 11 is 5.71. The van der Waals surface area contributed by atoms with Gasteiger partial charge in [-0.1, -0.05) is 17.7 Å². The minimum absolute atomic E-state index is 0.444. The quantitative estimate of drug-likeness (QED) is 0.636. The molecule has 0 amide bonds. The molecule has 0 aromatic heterocycles. The lowest BCUT2D eigenvalue weighted by atomic mass is 10.2. The Hall–Kier alpha value is -1.33. The molecule has 0 heterocycles. The molecular formula is C8H5ClN2. The molecule has 0 fully saturated rings. The van der Waals surface area contributed by atoms with Gasteiger partial charge in [-0.2, -0.15) is 5.26 Å². The lowest BCUT2D eigenvalue weighted by molar-refractivity contribution is 1.47. The van der Waals surface area contributed by atoms with Crippen LogP contribution in [0.4, 0.5) is 0 Å². The van der Waals surface area contributed by atoms with Crippen LogP contribution in [0, 0.1) is 16.7 Å². The maximum atomic E-state index is 8.46. The highest BCUT2D eigenvalue weighted by Crippen LogP contribution is 2.15. The molecule has 1 rings (SSSR count). The average Bonchev–Trinajstić information content (AvgIpc) is 2.04. The molecule has 0 aliphatic heterocycles. The van der Waals surface area contributed by atoms with E-state index in [1.165, 1.54) is 0 Å². The summed E-state index contributed by atoms with van der Waals surface area (Å²) in [6.07, 6.45) is 1.16. The van der Waals surface area contributed by atoms with Crippen LogP contribution in [0.3, 0.4) is 0 Å². The van der Waals surface area contributed by atoms with Crippen molar-refractivity contribution in [2.45, 2.75) is 0 Å². The Bertz CT molecular complexity index is 325. The minimum Gasteiger partial charge on any atom is -0.308 e. The van der Waals surface area contributed by atoms with E-state index in [4.69, 9.17) is 22.3 Å². The zero-order chi connectivity index (χ0) is 8.27. The number of nitriles is 1. The van der Waals surface area contributed by atoms with Crippen molar-refractivity contribution in [3.05, 3.63) is 34.3 Å². The Labute approximate surface area is 69.5 Å². The van der Waals surface area contributed by atoms with Crippen molar-refractivity contribution < 1.29 is 0 Å². The maximum absolute atomic E-state index is 8.46. The predicted octanol–water partition coefficient (Wildman–Crippen LogP) is 2.21. The molecule has 0 aliphatic carbocycles. The fraction of sp³-hybridized carbons (Fsp3) is 0. The van der Waals surface area contributed by atoms with Gasteiger partial charge in [-0.15, -0.1) is 0 Å². The van der Waals surface area contributed by atoms with Crippen molar-refractivity contribution >= 4 is 17.8 Å². The van der Waals surface area contributed by atoms with Crippen LogP contribution in [0.2, 0.25) is 5.02 Å². The number of nitrogens with zero attached hydrogens (tertiary/aromatic N) is 1. The first kappa shape index (κ1) is 7.77. The van der Waals surface area contributed by atoms with Crippen molar-refractivity contribution in [3.63, 3.8) is 0 Å². The first-order chi connectivity index (χ1) is 5.27. The van der Waals surface area contributed by atoms with E-state index >= 15 is 0 Å². The average molecular weight is 165 g/mol. The second kappa shape index (κ2) is 3.18. The Morgan fingerprint density at radius 3 is 2.73 bits per heavy atom. The van der Waals surface area contributed by atoms with Crippen LogP contribution >= 0.6 is 11.6 Å². The van der Waals surface area contributed by atoms with Gasteiger partial charge in [-0.05, 0) is 12.1 Å². The van der Waals surface area contributed by atoms with Crippen molar-refractivity contribution in [2.24, 2.45) is 0 Å². The fourth-order valence-corrected chi connectivity index (χ4v) is 0.949. The summed E-state index contributed by atoms with van der Waals surface area (Å²) < 4.78 is 0. The fourth-order valence-electron chi connectivity index (χ4n) is 0.714. The van der Waals surface area contributed by atoms with Gasteiger partial charge in [0.05, 0.1) is 16.7 Å². The third-order valence-corrected chi connectivity index (χ3v) is 1.61. The van der Waals surface area contributed by atoms with Crippen molar-refractivity contribution in [2.75, 3.05) is 0 Å². The Balaban J connectivity index is 3.22. The highest BCUT2D eigenvalue weighted by atomic mass is 35.5. The van der Waals surface area contributed by atoms with Gasteiger partial charge in [0.1, 0.15) is 0 Å². The lowest BCUT2D eigenvalue weighted by Gasteiger charge is -1.95. The number of rotatable bonds is 1. The van der Waals surface area contributed by atoms with Crippen LogP contribution in [-0.2, 0) is 0 Å². The topological polar surface area (TPSA) is 47.6 Å². The summed E-state index contributed by atoms with van der Waals surface area (Å²) in [4.78, 5) is 0. The predicted molar refractivity (Wildman–Crippen MR) is 44.1 cm³/mol. The molecule has 0 saturated carbocycles. The van der Waals surface area contributed by atoms with Crippen molar-refractivity contribution in [1.82, 2.24) is 0 Å². The number of hydrogen-bond donors (Lipinski definition) is 1. The molecule has 0 radical (unpaired) electrons. The van der Waals surface area contributed by atoms with Gasteiger partial charge in [0, 0.05) is 11.8 Å². The molecule has 0 atom stereocenters. The molecule has 0 spiro atoms. The second-order valence-corrected chi connectivity index (χ2v) is 2.40. The van der Waals surface area contributed by atoms with E-state index in [2.05, 4.69) is 0 Å². The van der Waals surface area contributed by atoms with Gasteiger partial charge < -0.3 is 5.41 Å². The summed E-state index contributed by atoms with van der Waals surface area (Å²) in [6, 6.07) is 6.78. The SMILES string of the molecule is N#Cc1ccc(C=N)c(Cl)c1. The van der Waals surface area contributed by atoms with E-state index in [1.807, 2.05) is 6.07 Å². The minimum atomic E-state index is 0.444. The third-order valence-electron chi connectivity index (χ3n) is 1.29. The smallest absolute Gasteiger partial charge is 0.0992 e. The lowest BCUT2D eigenvalue weighted by Crippen LogP contribution is -1.82. The van der Waals surface area contributed by atoms with Crippen LogP contribution in [0.15, 0.2) is 18.2 Å². The largest absolute Gasteiger partial charge is 0.308 e. The monoisotopic (exact) mass is 164 g/mol. The molecule has 1 N–H and O–H groups in total. The second-order valence-electron chi connectivity index (χ2n) is 1.99. The Morgan fingerprint density at radius 1 is 1.55 bits per heavy atom. The van der Waals surface area contributed by atoms with Crippen LogP contribution in [0.1, 0.15) is 11.1 Å². The molecule has 11 heavy (non-hydrogen) atoms. The van der Waals surface area contributed by atoms with E-state index in [-0.39, 0.29) is 0 Å². The van der Waals surface area contributed by atoms with Gasteiger partial charge in [-0.3, -0.25) is 0 Å². The normalized spacial score (nSPS) is 8.73. The standard InChI is InChI=1S/C8H5ClN2/c9-8-3-6(4-10)1-2-7(8)5-11/h1-3,5,11H. The zero-order valence-electron chi connectivity index (χ0n) is 5.63. The molecule has 0 unspecified atom stereocenters. The Kier molecular flexibility index (Phi) is 2.25. The van der Waals surface area contributed by atoms with Gasteiger partial charge in [-0.25, -0.2) is 0 Å². The van der Waals surface area contributed by atoms with E-state index in [9.17, 15) is 0 Å². The summed E-state index contributed by atoms with van der Waals surface area (Å²) in [5.74, 6) is 0. The van der Waals surface area contributed by atoms with Crippen molar-refractivity contribution in [3.8, 4) is 6.07 Å². The van der Waals surface area contributed by atoms with Crippen LogP contribution in [-0.4, -0.2) is 6.21 Å². The van der Waals surface area contributed by atoms with Crippen LogP contribution < -0.4 is 0 Å². The van der Waals surface area contributed by atoms with Crippen LogP contribution in [0.5, 0.6) is 0 Å². The molecule has 0 bridgehead atoms. The molecule has 3 heteroatoms. The first-order valence-electron chi connectivity index (χ1n) is 2.98. The summed E-state index contributed by atoms with van der Waals surface area (Å²) in [5, 5.41) is 15.8. The van der Waals surface area contributed by atoms with Gasteiger partial charge in [0.15, 0.2) is 0 Å². The van der Waals surface area contributed by atoms with Gasteiger partial charge in [0.25, 0.3) is 0 Å². The number of nitrogens with one attached hydrogen (secondary N) is 1. The summed E-state index contributed by atoms with van der Waals surface area (Å²) in [7, 11) is 0. The molecule has 1 aromatic carbocycles. The molecule has 1 aromatic rings. The van der Waals surface area contributed by atoms with Gasteiger partial charge in [0.2, 0.25) is 0 Å². The molecular weight excluding hydrogens is 160 g/mol. The van der Waals surface area contributed by atoms with E-state index in [0.717, 1.165) is 6.21 Å². The zero-order valence-corrected chi connectivity index (χ0v) is 6.39. The third kappa shape index (κ3) is 1.57. The highest BCUT2D eigenvalue weighted by Gasteiger charge is 1.97. The molecule has 54 valence electrons. The highest BCUT2D eigenvalue weighted by molar-refractivity contribution is 6.33. The van der Waals surface area contributed by atoms with E-state index in [1.54, 1.807) is 18.2 Å². The maximum Gasteiger partial charge on any atom is 0.0992 e. The first-order valence-corrected chi connectivity index (χ1v) is 3.36. The summed E-state index contributed by atoms with van der Waals surface area (Å²) in [6.45, 7) is 0. The number of hydrogen-bond acceptors (Lipinski definition) is 2. The number of halogens is 1. The summed E-state index contributed by atoms with van der Waals surface area (Å²) in [5.41, 5.74) is 1.14. The van der Waals surface area contributed by atoms with Gasteiger partial charge >= 0.3 is 0 Å². The number of benzene rings is 1. The molecule has 2 nitrogen and oxygen atoms in total.